The highest BCUT2D eigenvalue weighted by molar-refractivity contribution is 7.13. The predicted molar refractivity (Wildman–Crippen MR) is 122 cm³/mol. The first-order chi connectivity index (χ1) is 14.4. The molecule has 1 saturated carbocycles. The molecule has 10 nitrogen and oxygen atoms in total. The minimum Gasteiger partial charge on any atom is -0.361 e. The molecule has 2 heterocycles. The second kappa shape index (κ2) is 9.72. The van der Waals surface area contributed by atoms with Gasteiger partial charge < -0.3 is 21.3 Å². The van der Waals surface area contributed by atoms with Crippen molar-refractivity contribution in [3.8, 4) is 0 Å². The van der Waals surface area contributed by atoms with Crippen LogP contribution in [-0.4, -0.2) is 71.6 Å². The average molecular weight is 487 g/mol. The van der Waals surface area contributed by atoms with Gasteiger partial charge in [0, 0.05) is 37.5 Å². The zero-order chi connectivity index (χ0) is 23.1. The molecule has 1 fully saturated rings. The Morgan fingerprint density at radius 1 is 1.16 bits per heavy atom. The summed E-state index contributed by atoms with van der Waals surface area (Å²) in [6.07, 6.45) is 1.34. The lowest BCUT2D eigenvalue weighted by molar-refractivity contribution is -0.138. The van der Waals surface area contributed by atoms with Gasteiger partial charge in [-0.15, -0.1) is 23.7 Å². The van der Waals surface area contributed by atoms with Gasteiger partial charge in [0.05, 0.1) is 17.3 Å². The minimum absolute atomic E-state index is 0. The van der Waals surface area contributed by atoms with E-state index in [0.29, 0.717) is 24.3 Å². The maximum absolute atomic E-state index is 13.0. The van der Waals surface area contributed by atoms with Gasteiger partial charge in [0.25, 0.3) is 5.91 Å². The summed E-state index contributed by atoms with van der Waals surface area (Å²) in [5.41, 5.74) is 5.72. The number of hydrogen-bond donors (Lipinski definition) is 3. The molecule has 1 aliphatic heterocycles. The van der Waals surface area contributed by atoms with Gasteiger partial charge in [0.1, 0.15) is 0 Å². The van der Waals surface area contributed by atoms with Crippen LogP contribution in [0.1, 0.15) is 53.5 Å². The fourth-order valence-electron chi connectivity index (χ4n) is 4.19. The lowest BCUT2D eigenvalue weighted by Gasteiger charge is -2.36. The first kappa shape index (κ1) is 26.0. The van der Waals surface area contributed by atoms with Gasteiger partial charge >= 0.3 is 11.8 Å². The van der Waals surface area contributed by atoms with Gasteiger partial charge in [0.2, 0.25) is 5.91 Å². The van der Waals surface area contributed by atoms with E-state index in [4.69, 9.17) is 5.73 Å². The average Bonchev–Trinajstić information content (AvgIpc) is 3.20. The molecule has 0 radical (unpaired) electrons. The van der Waals surface area contributed by atoms with Crippen molar-refractivity contribution in [3.63, 3.8) is 0 Å². The molecule has 0 unspecified atom stereocenters. The molecule has 0 aromatic carbocycles. The van der Waals surface area contributed by atoms with Gasteiger partial charge in [-0.1, -0.05) is 0 Å². The van der Waals surface area contributed by atoms with Crippen molar-refractivity contribution >= 4 is 47.4 Å². The lowest BCUT2D eigenvalue weighted by Crippen LogP contribution is -2.57. The van der Waals surface area contributed by atoms with Gasteiger partial charge in [-0.25, -0.2) is 4.98 Å². The first-order valence-electron chi connectivity index (χ1n) is 10.3. The summed E-state index contributed by atoms with van der Waals surface area (Å²) in [6.45, 7) is 4.86. The third kappa shape index (κ3) is 5.05. The number of nitrogens with two attached hydrogens (primary N) is 1. The number of nitrogens with one attached hydrogen (secondary N) is 2. The highest BCUT2D eigenvalue weighted by Crippen LogP contribution is 2.40. The number of rotatable bonds is 4. The third-order valence-electron chi connectivity index (χ3n) is 6.30. The van der Waals surface area contributed by atoms with E-state index in [1.807, 2.05) is 7.05 Å². The van der Waals surface area contributed by atoms with Crippen LogP contribution in [0.4, 0.5) is 0 Å². The Hall–Kier alpha value is -2.24. The molecule has 1 aromatic rings. The molecule has 1 aromatic heterocycles. The van der Waals surface area contributed by atoms with Crippen LogP contribution in [-0.2, 0) is 26.5 Å². The molecule has 3 rings (SSSR count). The second-order valence-corrected chi connectivity index (χ2v) is 10.1. The lowest BCUT2D eigenvalue weighted by atomic mass is 9.81. The normalized spacial score (nSPS) is 24.1. The highest BCUT2D eigenvalue weighted by atomic mass is 35.5. The number of amides is 4. The zero-order valence-electron chi connectivity index (χ0n) is 18.9. The SMILES string of the molecule is CN(C)C(=O)[C@H]1CC[C@H](NC(=O)C(N)=O)[C@H](NC(=O)c2nc3c(s2)CN(C)C3(C)C)C1.Cl. The molecule has 1 aliphatic carbocycles. The second-order valence-electron chi connectivity index (χ2n) is 8.97. The fourth-order valence-corrected chi connectivity index (χ4v) is 5.36. The predicted octanol–water partition coefficient (Wildman–Crippen LogP) is 0.202. The van der Waals surface area contributed by atoms with Crippen LogP contribution in [0.2, 0.25) is 0 Å². The molecule has 4 N–H and O–H groups in total. The van der Waals surface area contributed by atoms with Crippen LogP contribution in [0.15, 0.2) is 0 Å². The van der Waals surface area contributed by atoms with E-state index in [2.05, 4.69) is 34.4 Å². The van der Waals surface area contributed by atoms with Crippen LogP contribution in [0.25, 0.3) is 0 Å². The summed E-state index contributed by atoms with van der Waals surface area (Å²) < 4.78 is 0. The molecule has 0 spiro atoms. The smallest absolute Gasteiger partial charge is 0.309 e. The Morgan fingerprint density at radius 2 is 1.81 bits per heavy atom. The number of nitrogens with zero attached hydrogens (tertiary/aromatic N) is 3. The summed E-state index contributed by atoms with van der Waals surface area (Å²) in [4.78, 5) is 57.9. The molecule has 0 bridgehead atoms. The molecular weight excluding hydrogens is 456 g/mol. The molecular formula is C20H31ClN6O4S. The summed E-state index contributed by atoms with van der Waals surface area (Å²) in [5, 5.41) is 5.89. The van der Waals surface area contributed by atoms with Crippen LogP contribution in [0.3, 0.4) is 0 Å². The standard InChI is InChI=1S/C20H30N6O4S.ClH/c1-20(2)14-13(9-26(20)5)31-18(24-14)17(29)23-12-8-10(19(30)25(3)4)6-7-11(12)22-16(28)15(21)27;/h10-12H,6-9H2,1-5H3,(H2,21,27)(H,22,28)(H,23,29);1H/t10-,11-,12+;/m0./s1. The summed E-state index contributed by atoms with van der Waals surface area (Å²) in [5.74, 6) is -2.65. The number of carbonyl (C=O) groups excluding carboxylic acids is 4. The molecule has 178 valence electrons. The van der Waals surface area contributed by atoms with Crippen molar-refractivity contribution in [2.24, 2.45) is 11.7 Å². The van der Waals surface area contributed by atoms with Gasteiger partial charge in [-0.05, 0) is 40.2 Å². The molecule has 32 heavy (non-hydrogen) atoms. The van der Waals surface area contributed by atoms with Crippen LogP contribution in [0.5, 0.6) is 0 Å². The van der Waals surface area contributed by atoms with Crippen molar-refractivity contribution in [2.75, 3.05) is 21.1 Å². The van der Waals surface area contributed by atoms with E-state index >= 15 is 0 Å². The van der Waals surface area contributed by atoms with Gasteiger partial charge in [-0.3, -0.25) is 24.1 Å². The van der Waals surface area contributed by atoms with E-state index in [-0.39, 0.29) is 35.7 Å². The third-order valence-corrected chi connectivity index (χ3v) is 7.34. The Bertz CT molecular complexity index is 918. The molecule has 0 saturated heterocycles. The molecule has 3 atom stereocenters. The number of halogens is 1. The van der Waals surface area contributed by atoms with Crippen molar-refractivity contribution < 1.29 is 19.2 Å². The van der Waals surface area contributed by atoms with Crippen molar-refractivity contribution in [1.82, 2.24) is 25.4 Å². The van der Waals surface area contributed by atoms with Crippen molar-refractivity contribution in [3.05, 3.63) is 15.6 Å². The molecule has 12 heteroatoms. The van der Waals surface area contributed by atoms with Crippen LogP contribution < -0.4 is 16.4 Å². The van der Waals surface area contributed by atoms with Gasteiger partial charge in [-0.2, -0.15) is 0 Å². The summed E-state index contributed by atoms with van der Waals surface area (Å²) >= 11 is 1.36. The molecule has 2 aliphatic rings. The Morgan fingerprint density at radius 3 is 2.38 bits per heavy atom. The number of aromatic nitrogens is 1. The van der Waals surface area contributed by atoms with Crippen LogP contribution in [0, 0.1) is 5.92 Å². The number of fused-ring (bicyclic) bond motifs is 1. The highest BCUT2D eigenvalue weighted by Gasteiger charge is 2.40. The number of hydrogen-bond acceptors (Lipinski definition) is 7. The summed E-state index contributed by atoms with van der Waals surface area (Å²) in [6, 6.07) is -1.02. The number of primary amides is 1. The molecule has 4 amide bonds. The van der Waals surface area contributed by atoms with E-state index in [1.54, 1.807) is 14.1 Å². The first-order valence-corrected chi connectivity index (χ1v) is 11.1. The van der Waals surface area contributed by atoms with E-state index in [1.165, 1.54) is 16.2 Å². The van der Waals surface area contributed by atoms with E-state index in [9.17, 15) is 19.2 Å². The maximum Gasteiger partial charge on any atom is 0.309 e. The quantitative estimate of drug-likeness (QED) is 0.520. The largest absolute Gasteiger partial charge is 0.361 e. The monoisotopic (exact) mass is 486 g/mol. The van der Waals surface area contributed by atoms with Crippen molar-refractivity contribution in [2.45, 2.75) is 57.3 Å². The van der Waals surface area contributed by atoms with E-state index in [0.717, 1.165) is 17.1 Å². The van der Waals surface area contributed by atoms with Gasteiger partial charge in [0.15, 0.2) is 5.01 Å². The van der Waals surface area contributed by atoms with E-state index < -0.39 is 23.9 Å². The Labute approximate surface area is 197 Å². The minimum atomic E-state index is -1.08. The Kier molecular flexibility index (Phi) is 7.90. The summed E-state index contributed by atoms with van der Waals surface area (Å²) in [7, 11) is 5.39. The zero-order valence-corrected chi connectivity index (χ0v) is 20.6. The Balaban J connectivity index is 0.00000363. The number of carbonyl (C=O) groups is 4. The topological polar surface area (TPSA) is 138 Å². The number of thiazole rings is 1. The maximum atomic E-state index is 13.0. The van der Waals surface area contributed by atoms with Crippen molar-refractivity contribution in [1.29, 1.82) is 0 Å². The fraction of sp³-hybridized carbons (Fsp3) is 0.650. The van der Waals surface area contributed by atoms with Crippen LogP contribution >= 0.6 is 23.7 Å².